The number of rotatable bonds is 5. The van der Waals surface area contributed by atoms with Crippen molar-refractivity contribution in [1.82, 2.24) is 0 Å². The Morgan fingerprint density at radius 1 is 0.960 bits per heavy atom. The Morgan fingerprint density at radius 3 is 2.52 bits per heavy atom. The maximum Gasteiger partial charge on any atom is 0.200 e. The van der Waals surface area contributed by atoms with Gasteiger partial charge in [0.2, 0.25) is 5.43 Å². The van der Waals surface area contributed by atoms with Crippen LogP contribution in [0.25, 0.3) is 21.9 Å². The third-order valence-corrected chi connectivity index (χ3v) is 4.45. The van der Waals surface area contributed by atoms with Crippen LogP contribution in [-0.2, 0) is 6.42 Å². The van der Waals surface area contributed by atoms with E-state index in [2.05, 4.69) is 32.9 Å². The summed E-state index contributed by atoms with van der Waals surface area (Å²) in [6.07, 6.45) is 7.35. The van der Waals surface area contributed by atoms with Crippen LogP contribution in [0.1, 0.15) is 39.2 Å². The summed E-state index contributed by atoms with van der Waals surface area (Å²) in [6, 6.07) is 13.3. The van der Waals surface area contributed by atoms with Crippen molar-refractivity contribution in [3.8, 4) is 0 Å². The summed E-state index contributed by atoms with van der Waals surface area (Å²) in [5, 5.41) is 1.35. The maximum atomic E-state index is 12.9. The van der Waals surface area contributed by atoms with Crippen LogP contribution in [0.3, 0.4) is 0 Å². The highest BCUT2D eigenvalue weighted by molar-refractivity contribution is 5.91. The lowest BCUT2D eigenvalue weighted by Gasteiger charge is -2.06. The number of benzene rings is 2. The molecule has 0 atom stereocenters. The van der Waals surface area contributed by atoms with Gasteiger partial charge < -0.3 is 4.42 Å². The van der Waals surface area contributed by atoms with Crippen LogP contribution in [0.4, 0.5) is 0 Å². The van der Waals surface area contributed by atoms with E-state index >= 15 is 0 Å². The highest BCUT2D eigenvalue weighted by Crippen LogP contribution is 2.22. The monoisotopic (exact) mass is 332 g/mol. The third kappa shape index (κ3) is 3.90. The van der Waals surface area contributed by atoms with E-state index in [-0.39, 0.29) is 5.43 Å². The summed E-state index contributed by atoms with van der Waals surface area (Å²) in [6.45, 7) is 6.40. The highest BCUT2D eigenvalue weighted by Gasteiger charge is 2.10. The molecule has 0 aliphatic heterocycles. The number of fused-ring (bicyclic) bond motifs is 2. The summed E-state index contributed by atoms with van der Waals surface area (Å²) < 4.78 is 5.94. The molecule has 0 radical (unpaired) electrons. The summed E-state index contributed by atoms with van der Waals surface area (Å²) in [5.41, 5.74) is 5.09. The molecule has 2 nitrogen and oxygen atoms in total. The molecule has 3 aromatic rings. The molecule has 0 bridgehead atoms. The standard InChI is InChI=1S/C23H24O2/c1-16(2)8-6-9-17(3)14-15-18-10-7-13-21-22(18)23(24)19-11-4-5-12-20(19)25-21/h4-5,7-8,10-14H,6,9,15H2,1-3H3/b17-14+. The molecule has 1 heterocycles. The molecule has 2 heteroatoms. The molecule has 1 aromatic heterocycles. The molecule has 3 rings (SSSR count). The normalized spacial score (nSPS) is 11.9. The predicted molar refractivity (Wildman–Crippen MR) is 106 cm³/mol. The minimum Gasteiger partial charge on any atom is -0.456 e. The third-order valence-electron chi connectivity index (χ3n) is 4.45. The number of hydrogen-bond donors (Lipinski definition) is 0. The Hall–Kier alpha value is -2.61. The second-order valence-corrected chi connectivity index (χ2v) is 6.79. The van der Waals surface area contributed by atoms with Gasteiger partial charge in [-0.1, -0.05) is 47.6 Å². The Balaban J connectivity index is 1.96. The molecular formula is C23H24O2. The quantitative estimate of drug-likeness (QED) is 0.412. The smallest absolute Gasteiger partial charge is 0.200 e. The van der Waals surface area contributed by atoms with E-state index < -0.39 is 0 Å². The average Bonchev–Trinajstić information content (AvgIpc) is 2.59. The van der Waals surface area contributed by atoms with Gasteiger partial charge in [-0.2, -0.15) is 0 Å². The van der Waals surface area contributed by atoms with Crippen molar-refractivity contribution < 1.29 is 4.42 Å². The van der Waals surface area contributed by atoms with Crippen LogP contribution in [0.2, 0.25) is 0 Å². The fourth-order valence-corrected chi connectivity index (χ4v) is 3.06. The molecule has 0 aliphatic carbocycles. The largest absolute Gasteiger partial charge is 0.456 e. The van der Waals surface area contributed by atoms with Gasteiger partial charge in [-0.15, -0.1) is 0 Å². The first-order valence-electron chi connectivity index (χ1n) is 8.78. The van der Waals surface area contributed by atoms with Crippen molar-refractivity contribution in [3.63, 3.8) is 0 Å². The number of allylic oxidation sites excluding steroid dienone is 4. The van der Waals surface area contributed by atoms with Crippen molar-refractivity contribution in [2.45, 2.75) is 40.0 Å². The van der Waals surface area contributed by atoms with E-state index in [9.17, 15) is 4.79 Å². The molecule has 0 saturated carbocycles. The van der Waals surface area contributed by atoms with Gasteiger partial charge in [-0.05, 0) is 63.8 Å². The molecule has 2 aromatic carbocycles. The zero-order valence-electron chi connectivity index (χ0n) is 15.1. The maximum absolute atomic E-state index is 12.9. The van der Waals surface area contributed by atoms with E-state index in [1.165, 1.54) is 11.1 Å². The number of hydrogen-bond acceptors (Lipinski definition) is 2. The fraction of sp³-hybridized carbons (Fsp3) is 0.261. The molecule has 0 spiro atoms. The molecular weight excluding hydrogens is 308 g/mol. The minimum absolute atomic E-state index is 0.0584. The summed E-state index contributed by atoms with van der Waals surface area (Å²) in [5.74, 6) is 0. The van der Waals surface area contributed by atoms with E-state index in [4.69, 9.17) is 4.42 Å². The Kier molecular flexibility index (Phi) is 5.18. The highest BCUT2D eigenvalue weighted by atomic mass is 16.3. The van der Waals surface area contributed by atoms with Gasteiger partial charge >= 0.3 is 0 Å². The van der Waals surface area contributed by atoms with Crippen LogP contribution in [0, 0.1) is 0 Å². The van der Waals surface area contributed by atoms with Crippen molar-refractivity contribution in [2.75, 3.05) is 0 Å². The summed E-state index contributed by atoms with van der Waals surface area (Å²) in [7, 11) is 0. The molecule has 25 heavy (non-hydrogen) atoms. The molecule has 0 unspecified atom stereocenters. The van der Waals surface area contributed by atoms with Crippen molar-refractivity contribution in [1.29, 1.82) is 0 Å². The topological polar surface area (TPSA) is 30.2 Å². The predicted octanol–water partition coefficient (Wildman–Crippen LogP) is 6.18. The van der Waals surface area contributed by atoms with Gasteiger partial charge in [0, 0.05) is 0 Å². The lowest BCUT2D eigenvalue weighted by atomic mass is 10.0. The van der Waals surface area contributed by atoms with Gasteiger partial charge in [-0.3, -0.25) is 4.79 Å². The van der Waals surface area contributed by atoms with Crippen molar-refractivity contribution in [2.24, 2.45) is 0 Å². The minimum atomic E-state index is 0.0584. The van der Waals surface area contributed by atoms with Crippen LogP contribution >= 0.6 is 0 Å². The van der Waals surface area contributed by atoms with Crippen LogP contribution < -0.4 is 5.43 Å². The Labute approximate surface area is 148 Å². The van der Waals surface area contributed by atoms with E-state index in [0.717, 1.165) is 24.8 Å². The van der Waals surface area contributed by atoms with Crippen molar-refractivity contribution >= 4 is 21.9 Å². The first kappa shape index (κ1) is 17.2. The van der Waals surface area contributed by atoms with Crippen molar-refractivity contribution in [3.05, 3.63) is 81.5 Å². The molecule has 0 fully saturated rings. The second kappa shape index (κ2) is 7.52. The zero-order valence-corrected chi connectivity index (χ0v) is 15.1. The zero-order chi connectivity index (χ0) is 17.8. The summed E-state index contributed by atoms with van der Waals surface area (Å²) in [4.78, 5) is 12.9. The Bertz CT molecular complexity index is 1020. The summed E-state index contributed by atoms with van der Waals surface area (Å²) >= 11 is 0. The SMILES string of the molecule is CC(C)=CCC/C(C)=C/Cc1cccc2oc3ccccc3c(=O)c12. The molecule has 128 valence electrons. The molecule has 0 aliphatic rings. The van der Waals surface area contributed by atoms with Gasteiger partial charge in [0.1, 0.15) is 11.2 Å². The van der Waals surface area contributed by atoms with Crippen LogP contribution in [0.5, 0.6) is 0 Å². The van der Waals surface area contributed by atoms with Gasteiger partial charge in [-0.25, -0.2) is 0 Å². The van der Waals surface area contributed by atoms with Gasteiger partial charge in [0.15, 0.2) is 0 Å². The first-order chi connectivity index (χ1) is 12.1. The first-order valence-corrected chi connectivity index (χ1v) is 8.78. The van der Waals surface area contributed by atoms with Gasteiger partial charge in [0.05, 0.1) is 10.8 Å². The molecule has 0 saturated heterocycles. The fourth-order valence-electron chi connectivity index (χ4n) is 3.06. The van der Waals surface area contributed by atoms with E-state index in [1.54, 1.807) is 0 Å². The van der Waals surface area contributed by atoms with Gasteiger partial charge in [0.25, 0.3) is 0 Å². The molecule has 0 amide bonds. The van der Waals surface area contributed by atoms with Crippen LogP contribution in [-0.4, -0.2) is 0 Å². The second-order valence-electron chi connectivity index (χ2n) is 6.79. The molecule has 0 N–H and O–H groups in total. The average molecular weight is 332 g/mol. The Morgan fingerprint density at radius 2 is 1.72 bits per heavy atom. The lowest BCUT2D eigenvalue weighted by Crippen LogP contribution is -2.05. The number of para-hydroxylation sites is 1. The van der Waals surface area contributed by atoms with E-state index in [1.807, 2.05) is 42.5 Å². The van der Waals surface area contributed by atoms with Crippen LogP contribution in [0.15, 0.2) is 75.0 Å². The lowest BCUT2D eigenvalue weighted by molar-refractivity contribution is 0.659. The van der Waals surface area contributed by atoms with E-state index in [0.29, 0.717) is 21.9 Å².